The van der Waals surface area contributed by atoms with Gasteiger partial charge in [-0.15, -0.1) is 0 Å². The summed E-state index contributed by atoms with van der Waals surface area (Å²) in [5.41, 5.74) is 3.33. The first-order chi connectivity index (χ1) is 12.6. The predicted molar refractivity (Wildman–Crippen MR) is 108 cm³/mol. The Morgan fingerprint density at radius 1 is 1.04 bits per heavy atom. The van der Waals surface area contributed by atoms with Crippen LogP contribution in [0, 0.1) is 0 Å². The quantitative estimate of drug-likeness (QED) is 0.688. The van der Waals surface area contributed by atoms with Crippen LogP contribution in [0.3, 0.4) is 0 Å². The van der Waals surface area contributed by atoms with E-state index in [9.17, 15) is 9.59 Å². The number of hydrogen-bond donors (Lipinski definition) is 1. The van der Waals surface area contributed by atoms with Crippen LogP contribution in [0.2, 0.25) is 0 Å². The average molecular weight is 364 g/mol. The number of hydrogen-bond acceptors (Lipinski definition) is 2. The summed E-state index contributed by atoms with van der Waals surface area (Å²) >= 11 is 0. The molecule has 2 aromatic carbocycles. The average Bonchev–Trinajstić information content (AvgIpc) is 3.17. The molecule has 1 aromatic heterocycles. The van der Waals surface area contributed by atoms with E-state index >= 15 is 0 Å². The van der Waals surface area contributed by atoms with Gasteiger partial charge in [-0.05, 0) is 36.1 Å². The third kappa shape index (κ3) is 2.99. The molecule has 26 heavy (non-hydrogen) atoms. The highest BCUT2D eigenvalue weighted by Crippen LogP contribution is 2.42. The molecule has 1 N–H and O–H groups in total. The topological polar surface area (TPSA) is 51.1 Å². The summed E-state index contributed by atoms with van der Waals surface area (Å²) in [6.45, 7) is 0.910. The third-order valence-electron chi connectivity index (χ3n) is 4.82. The van der Waals surface area contributed by atoms with Gasteiger partial charge in [-0.3, -0.25) is 14.9 Å². The first-order valence-electron chi connectivity index (χ1n) is 8.64. The zero-order valence-corrected chi connectivity index (χ0v) is 15.2. The van der Waals surface area contributed by atoms with E-state index in [-0.39, 0.29) is 11.1 Å². The first-order valence-corrected chi connectivity index (χ1v) is 10.1. The van der Waals surface area contributed by atoms with Gasteiger partial charge in [-0.1, -0.05) is 58.8 Å². The van der Waals surface area contributed by atoms with E-state index in [0.717, 1.165) is 35.9 Å². The minimum absolute atomic E-state index is 0.238. The lowest BCUT2D eigenvalue weighted by atomic mass is 10.1. The molecule has 0 spiro atoms. The molecular weight excluding hydrogens is 344 g/mol. The highest BCUT2D eigenvalue weighted by molar-refractivity contribution is 8.28. The van der Waals surface area contributed by atoms with Gasteiger partial charge in [0, 0.05) is 23.6 Å². The van der Waals surface area contributed by atoms with Crippen molar-refractivity contribution < 1.29 is 9.59 Å². The van der Waals surface area contributed by atoms with Crippen LogP contribution >= 0.6 is 10.5 Å². The molecule has 2 atom stereocenters. The van der Waals surface area contributed by atoms with Gasteiger partial charge in [0.25, 0.3) is 5.24 Å². The maximum Gasteiger partial charge on any atom is 0.280 e. The number of nitrogens with zero attached hydrogens (tertiary/aromatic N) is 1. The van der Waals surface area contributed by atoms with Gasteiger partial charge >= 0.3 is 0 Å². The zero-order chi connectivity index (χ0) is 18.1. The number of carbonyl (C=O) groups is 2. The van der Waals surface area contributed by atoms with E-state index in [1.54, 1.807) is 0 Å². The van der Waals surface area contributed by atoms with Gasteiger partial charge in [0.2, 0.25) is 5.91 Å². The van der Waals surface area contributed by atoms with Gasteiger partial charge in [-0.2, -0.15) is 0 Å². The number of fused-ring (bicyclic) bond motifs is 1. The van der Waals surface area contributed by atoms with Crippen LogP contribution in [-0.4, -0.2) is 21.6 Å². The molecule has 2 unspecified atom stereocenters. The minimum atomic E-state index is -0.872. The Morgan fingerprint density at radius 2 is 1.85 bits per heavy atom. The van der Waals surface area contributed by atoms with E-state index in [0.29, 0.717) is 0 Å². The SMILES string of the molecule is C=S1C(=O)NC(=O)C1c1cccc2c1ccn2CCCc1ccccc1. The monoisotopic (exact) mass is 364 g/mol. The molecule has 5 heteroatoms. The number of amides is 2. The molecule has 2 amide bonds. The van der Waals surface area contributed by atoms with Crippen molar-refractivity contribution in [3.8, 4) is 0 Å². The second-order valence-electron chi connectivity index (χ2n) is 6.46. The molecule has 0 aliphatic carbocycles. The Bertz CT molecular complexity index is 1010. The zero-order valence-electron chi connectivity index (χ0n) is 14.4. The smallest absolute Gasteiger partial charge is 0.280 e. The number of nitrogens with one attached hydrogen (secondary N) is 1. The van der Waals surface area contributed by atoms with E-state index in [1.165, 1.54) is 5.56 Å². The van der Waals surface area contributed by atoms with Crippen LogP contribution in [-0.2, 0) is 17.8 Å². The lowest BCUT2D eigenvalue weighted by molar-refractivity contribution is -0.119. The van der Waals surface area contributed by atoms with E-state index < -0.39 is 15.7 Å². The van der Waals surface area contributed by atoms with Crippen molar-refractivity contribution in [2.24, 2.45) is 0 Å². The van der Waals surface area contributed by atoms with Crippen molar-refractivity contribution in [2.75, 3.05) is 0 Å². The second kappa shape index (κ2) is 6.92. The Kier molecular flexibility index (Phi) is 4.47. The van der Waals surface area contributed by atoms with Crippen LogP contribution < -0.4 is 5.32 Å². The summed E-state index contributed by atoms with van der Waals surface area (Å²) < 4.78 is 2.22. The summed E-state index contributed by atoms with van der Waals surface area (Å²) in [4.78, 5) is 24.0. The Hall–Kier alpha value is -2.66. The molecule has 1 aliphatic heterocycles. The summed E-state index contributed by atoms with van der Waals surface area (Å²) in [5.74, 6) is 3.67. The van der Waals surface area contributed by atoms with Gasteiger partial charge in [-0.25, -0.2) is 0 Å². The lowest BCUT2D eigenvalue weighted by Crippen LogP contribution is -2.20. The molecule has 2 heterocycles. The van der Waals surface area contributed by atoms with Gasteiger partial charge < -0.3 is 4.57 Å². The van der Waals surface area contributed by atoms with E-state index in [4.69, 9.17) is 0 Å². The fourth-order valence-corrected chi connectivity index (χ4v) is 4.81. The molecular formula is C21H20N2O2S. The number of carbonyl (C=O) groups excluding carboxylic acids is 2. The van der Waals surface area contributed by atoms with Crippen molar-refractivity contribution >= 4 is 38.4 Å². The number of rotatable bonds is 5. The molecule has 0 bridgehead atoms. The predicted octanol–water partition coefficient (Wildman–Crippen LogP) is 4.27. The fraction of sp³-hybridized carbons (Fsp3) is 0.190. The van der Waals surface area contributed by atoms with Gasteiger partial charge in [0.1, 0.15) is 5.25 Å². The standard InChI is InChI=1S/C21H20N2O2S/c1-26-19(20(24)22-21(26)25)17-10-5-11-18-16(17)12-14-23(18)13-6-9-15-7-3-2-4-8-15/h2-5,7-8,10-12,14,19H,1,6,9,13H2,(H,22,24,25). The summed E-state index contributed by atoms with van der Waals surface area (Å²) in [6.07, 6.45) is 4.14. The molecule has 3 aromatic rings. The van der Waals surface area contributed by atoms with Crippen molar-refractivity contribution in [1.29, 1.82) is 0 Å². The molecule has 1 fully saturated rings. The van der Waals surface area contributed by atoms with Crippen molar-refractivity contribution in [3.05, 3.63) is 71.9 Å². The van der Waals surface area contributed by atoms with Crippen molar-refractivity contribution in [3.63, 3.8) is 0 Å². The molecule has 4 nitrogen and oxygen atoms in total. The number of benzene rings is 2. The van der Waals surface area contributed by atoms with Crippen LogP contribution in [0.25, 0.3) is 10.9 Å². The van der Waals surface area contributed by atoms with E-state index in [1.807, 2.05) is 24.3 Å². The van der Waals surface area contributed by atoms with Crippen molar-refractivity contribution in [2.45, 2.75) is 24.6 Å². The Labute approximate surface area is 154 Å². The molecule has 0 saturated carbocycles. The summed E-state index contributed by atoms with van der Waals surface area (Å²) in [5, 5.41) is 2.69. The number of aryl methyl sites for hydroxylation is 2. The normalized spacial score (nSPS) is 19.8. The lowest BCUT2D eigenvalue weighted by Gasteiger charge is -2.11. The Balaban J connectivity index is 1.58. The molecule has 1 saturated heterocycles. The number of aromatic nitrogens is 1. The second-order valence-corrected chi connectivity index (χ2v) is 8.16. The van der Waals surface area contributed by atoms with Crippen LogP contribution in [0.4, 0.5) is 4.79 Å². The van der Waals surface area contributed by atoms with Gasteiger partial charge in [0.15, 0.2) is 0 Å². The fourth-order valence-electron chi connectivity index (χ4n) is 3.53. The van der Waals surface area contributed by atoms with Gasteiger partial charge in [0.05, 0.1) is 0 Å². The highest BCUT2D eigenvalue weighted by atomic mass is 32.2. The summed E-state index contributed by atoms with van der Waals surface area (Å²) in [6, 6.07) is 18.5. The first kappa shape index (κ1) is 16.8. The summed E-state index contributed by atoms with van der Waals surface area (Å²) in [7, 11) is -0.872. The molecule has 132 valence electrons. The maximum absolute atomic E-state index is 12.2. The van der Waals surface area contributed by atoms with Crippen LogP contribution in [0.5, 0.6) is 0 Å². The third-order valence-corrected chi connectivity index (χ3v) is 6.44. The molecule has 1 aliphatic rings. The molecule has 0 radical (unpaired) electrons. The van der Waals surface area contributed by atoms with Crippen LogP contribution in [0.1, 0.15) is 22.8 Å². The van der Waals surface area contributed by atoms with Crippen molar-refractivity contribution in [1.82, 2.24) is 9.88 Å². The number of imide groups is 1. The van der Waals surface area contributed by atoms with E-state index in [2.05, 4.69) is 52.3 Å². The minimum Gasteiger partial charge on any atom is -0.347 e. The maximum atomic E-state index is 12.2. The molecule has 4 rings (SSSR count). The highest BCUT2D eigenvalue weighted by Gasteiger charge is 2.36. The Morgan fingerprint density at radius 3 is 2.58 bits per heavy atom. The largest absolute Gasteiger partial charge is 0.347 e. The van der Waals surface area contributed by atoms with Crippen LogP contribution in [0.15, 0.2) is 60.8 Å².